The summed E-state index contributed by atoms with van der Waals surface area (Å²) in [5.41, 5.74) is 1.30. The molecule has 2 fully saturated rings. The Morgan fingerprint density at radius 3 is 2.92 bits per heavy atom. The van der Waals surface area contributed by atoms with Crippen LogP contribution in [-0.2, 0) is 11.2 Å². The molecule has 1 aliphatic carbocycles. The number of aliphatic imine (C=N–C) groups is 1. The molecule has 0 bridgehead atoms. The Morgan fingerprint density at radius 1 is 1.44 bits per heavy atom. The molecule has 1 saturated heterocycles. The molecule has 1 saturated carbocycles. The predicted molar refractivity (Wildman–Crippen MR) is 113 cm³/mol. The third-order valence-electron chi connectivity index (χ3n) is 5.20. The van der Waals surface area contributed by atoms with Crippen LogP contribution in [-0.4, -0.2) is 42.8 Å². The molecule has 2 N–H and O–H groups in total. The van der Waals surface area contributed by atoms with E-state index in [2.05, 4.69) is 36.4 Å². The maximum absolute atomic E-state index is 5.87. The quantitative estimate of drug-likeness (QED) is 0.295. The van der Waals surface area contributed by atoms with E-state index in [9.17, 15) is 0 Å². The van der Waals surface area contributed by atoms with Crippen LogP contribution in [0.2, 0.25) is 5.15 Å². The van der Waals surface area contributed by atoms with E-state index in [1.807, 2.05) is 18.3 Å². The Hall–Kier alpha value is -0.600. The Balaban J connectivity index is 0.00000225. The number of guanidine groups is 1. The molecular formula is C18H28ClIN4O. The van der Waals surface area contributed by atoms with Crippen molar-refractivity contribution in [2.75, 3.05) is 19.7 Å². The summed E-state index contributed by atoms with van der Waals surface area (Å²) in [4.78, 5) is 8.84. The second-order valence-corrected chi connectivity index (χ2v) is 7.57. The Kier molecular flexibility index (Phi) is 7.34. The Labute approximate surface area is 172 Å². The number of aromatic nitrogens is 1. The van der Waals surface area contributed by atoms with Gasteiger partial charge in [0.25, 0.3) is 0 Å². The summed E-state index contributed by atoms with van der Waals surface area (Å²) in [6.07, 6.45) is 4.19. The van der Waals surface area contributed by atoms with Crippen molar-refractivity contribution in [1.29, 1.82) is 0 Å². The minimum Gasteiger partial charge on any atom is -0.377 e. The van der Waals surface area contributed by atoms with Crippen LogP contribution in [0.25, 0.3) is 0 Å². The van der Waals surface area contributed by atoms with Crippen LogP contribution < -0.4 is 10.6 Å². The van der Waals surface area contributed by atoms with Crippen molar-refractivity contribution in [2.45, 2.75) is 45.8 Å². The predicted octanol–water partition coefficient (Wildman–Crippen LogP) is 3.26. The lowest BCUT2D eigenvalue weighted by atomic mass is 9.57. The van der Waals surface area contributed by atoms with Gasteiger partial charge in [0.15, 0.2) is 5.96 Å². The van der Waals surface area contributed by atoms with E-state index in [-0.39, 0.29) is 29.4 Å². The molecule has 1 aromatic rings. The van der Waals surface area contributed by atoms with Gasteiger partial charge in [-0.3, -0.25) is 4.99 Å². The molecule has 5 nitrogen and oxygen atoms in total. The SMILES string of the molecule is CCNC(=NCCc1ccc(Cl)nc1)NC1C2CCOC2C1(C)C.I. The topological polar surface area (TPSA) is 58.5 Å². The summed E-state index contributed by atoms with van der Waals surface area (Å²) in [6, 6.07) is 4.24. The summed E-state index contributed by atoms with van der Waals surface area (Å²) in [5.74, 6) is 1.49. The summed E-state index contributed by atoms with van der Waals surface area (Å²) in [5, 5.41) is 7.52. The first-order valence-corrected chi connectivity index (χ1v) is 9.17. The first-order valence-electron chi connectivity index (χ1n) is 8.79. The van der Waals surface area contributed by atoms with Gasteiger partial charge in [-0.1, -0.05) is 31.5 Å². The molecule has 0 amide bonds. The van der Waals surface area contributed by atoms with Crippen molar-refractivity contribution >= 4 is 41.5 Å². The van der Waals surface area contributed by atoms with E-state index >= 15 is 0 Å². The fourth-order valence-corrected chi connectivity index (χ4v) is 4.05. The third kappa shape index (κ3) is 4.57. The smallest absolute Gasteiger partial charge is 0.191 e. The maximum atomic E-state index is 5.87. The van der Waals surface area contributed by atoms with E-state index in [1.54, 1.807) is 0 Å². The van der Waals surface area contributed by atoms with Gasteiger partial charge >= 0.3 is 0 Å². The number of rotatable bonds is 5. The summed E-state index contributed by atoms with van der Waals surface area (Å²) < 4.78 is 5.87. The second kappa shape index (κ2) is 8.86. The Bertz CT molecular complexity index is 593. The van der Waals surface area contributed by atoms with Gasteiger partial charge in [-0.05, 0) is 31.4 Å². The van der Waals surface area contributed by atoms with Crippen LogP contribution in [0.4, 0.5) is 0 Å². The monoisotopic (exact) mass is 478 g/mol. The highest BCUT2D eigenvalue weighted by Gasteiger charge is 2.59. The number of fused-ring (bicyclic) bond motifs is 1. The van der Waals surface area contributed by atoms with E-state index in [1.165, 1.54) is 0 Å². The molecule has 3 unspecified atom stereocenters. The first-order chi connectivity index (χ1) is 11.5. The zero-order chi connectivity index (χ0) is 17.2. The molecular weight excluding hydrogens is 451 g/mol. The molecule has 25 heavy (non-hydrogen) atoms. The van der Waals surface area contributed by atoms with Gasteiger partial charge in [-0.15, -0.1) is 24.0 Å². The van der Waals surface area contributed by atoms with Crippen molar-refractivity contribution in [3.63, 3.8) is 0 Å². The van der Waals surface area contributed by atoms with Crippen molar-refractivity contribution in [3.8, 4) is 0 Å². The molecule has 140 valence electrons. The number of hydrogen-bond acceptors (Lipinski definition) is 3. The van der Waals surface area contributed by atoms with Crippen LogP contribution in [0.5, 0.6) is 0 Å². The molecule has 1 aliphatic heterocycles. The number of ether oxygens (including phenoxy) is 1. The highest BCUT2D eigenvalue weighted by molar-refractivity contribution is 14.0. The fraction of sp³-hybridized carbons (Fsp3) is 0.667. The molecule has 0 aromatic carbocycles. The summed E-state index contributed by atoms with van der Waals surface area (Å²) in [7, 11) is 0. The fourth-order valence-electron chi connectivity index (χ4n) is 3.94. The number of hydrogen-bond donors (Lipinski definition) is 2. The first kappa shape index (κ1) is 20.7. The van der Waals surface area contributed by atoms with Crippen molar-refractivity contribution in [1.82, 2.24) is 15.6 Å². The number of pyridine rings is 1. The number of nitrogens with zero attached hydrogens (tertiary/aromatic N) is 2. The molecule has 1 aromatic heterocycles. The molecule has 2 heterocycles. The van der Waals surface area contributed by atoms with Crippen LogP contribution in [0.15, 0.2) is 23.3 Å². The van der Waals surface area contributed by atoms with Crippen LogP contribution in [0.1, 0.15) is 32.8 Å². The van der Waals surface area contributed by atoms with Gasteiger partial charge in [0, 0.05) is 43.3 Å². The lowest BCUT2D eigenvalue weighted by molar-refractivity contribution is -0.106. The van der Waals surface area contributed by atoms with Crippen LogP contribution >= 0.6 is 35.6 Å². The van der Waals surface area contributed by atoms with E-state index < -0.39 is 0 Å². The van der Waals surface area contributed by atoms with Gasteiger partial charge < -0.3 is 15.4 Å². The standard InChI is InChI=1S/C18H27ClN4O.HI/c1-4-20-17(21-9-7-12-5-6-14(19)22-11-12)23-15-13-8-10-24-16(13)18(15,2)3;/h5-6,11,13,15-16H,4,7-10H2,1-3H3,(H2,20,21,23);1H. The van der Waals surface area contributed by atoms with Gasteiger partial charge in [0.2, 0.25) is 0 Å². The van der Waals surface area contributed by atoms with Gasteiger partial charge in [-0.2, -0.15) is 0 Å². The minimum absolute atomic E-state index is 0. The van der Waals surface area contributed by atoms with Gasteiger partial charge in [-0.25, -0.2) is 4.98 Å². The van der Waals surface area contributed by atoms with Gasteiger partial charge in [0.1, 0.15) is 5.15 Å². The zero-order valence-electron chi connectivity index (χ0n) is 15.1. The Morgan fingerprint density at radius 2 is 2.24 bits per heavy atom. The number of halogens is 2. The molecule has 0 spiro atoms. The maximum Gasteiger partial charge on any atom is 0.191 e. The molecule has 3 rings (SSSR count). The average Bonchev–Trinajstić information content (AvgIpc) is 3.01. The number of nitrogens with one attached hydrogen (secondary N) is 2. The van der Waals surface area contributed by atoms with Gasteiger partial charge in [0.05, 0.1) is 6.10 Å². The normalized spacial score (nSPS) is 27.0. The molecule has 0 radical (unpaired) electrons. The van der Waals surface area contributed by atoms with E-state index in [4.69, 9.17) is 21.3 Å². The average molecular weight is 479 g/mol. The van der Waals surface area contributed by atoms with Crippen molar-refractivity contribution < 1.29 is 4.74 Å². The minimum atomic E-state index is 0. The highest BCUT2D eigenvalue weighted by Crippen LogP contribution is 2.52. The van der Waals surface area contributed by atoms with Crippen molar-refractivity contribution in [2.24, 2.45) is 16.3 Å². The molecule has 7 heteroatoms. The molecule has 3 atom stereocenters. The van der Waals surface area contributed by atoms with Crippen LogP contribution in [0.3, 0.4) is 0 Å². The summed E-state index contributed by atoms with van der Waals surface area (Å²) in [6.45, 7) is 9.10. The lowest BCUT2D eigenvalue weighted by Gasteiger charge is -2.54. The lowest BCUT2D eigenvalue weighted by Crippen LogP contribution is -2.68. The largest absolute Gasteiger partial charge is 0.377 e. The molecule has 2 aliphatic rings. The van der Waals surface area contributed by atoms with Crippen molar-refractivity contribution in [3.05, 3.63) is 29.0 Å². The van der Waals surface area contributed by atoms with E-state index in [0.29, 0.717) is 23.2 Å². The highest BCUT2D eigenvalue weighted by atomic mass is 127. The summed E-state index contributed by atoms with van der Waals surface area (Å²) >= 11 is 5.82. The third-order valence-corrected chi connectivity index (χ3v) is 5.42. The van der Waals surface area contributed by atoms with Crippen LogP contribution in [0, 0.1) is 11.3 Å². The zero-order valence-corrected chi connectivity index (χ0v) is 18.2. The second-order valence-electron chi connectivity index (χ2n) is 7.19. The van der Waals surface area contributed by atoms with E-state index in [0.717, 1.165) is 44.1 Å².